The van der Waals surface area contributed by atoms with Crippen LogP contribution in [0.5, 0.6) is 5.75 Å². The number of hydrogen-bond donors (Lipinski definition) is 0. The molecule has 0 aliphatic rings. The average molecular weight is 215 g/mol. The van der Waals surface area contributed by atoms with E-state index < -0.39 is 0 Å². The van der Waals surface area contributed by atoms with E-state index >= 15 is 0 Å². The van der Waals surface area contributed by atoms with Crippen molar-refractivity contribution in [3.8, 4) is 16.9 Å². The molecular weight excluding hydrogens is 202 g/mol. The zero-order valence-corrected chi connectivity index (χ0v) is 9.09. The van der Waals surface area contributed by atoms with Crippen molar-refractivity contribution < 1.29 is 9.47 Å². The average Bonchev–Trinajstić information content (AvgIpc) is 2.38. The standard InChI is InChI=1S/C13H13NO2/c1-15-10-16-13-7-3-2-6-12(13)11-5-4-8-14-9-11/h2-9H,10H2,1H3. The number of methoxy groups -OCH3 is 1. The summed E-state index contributed by atoms with van der Waals surface area (Å²) in [7, 11) is 1.60. The summed E-state index contributed by atoms with van der Waals surface area (Å²) >= 11 is 0. The number of pyridine rings is 1. The van der Waals surface area contributed by atoms with Crippen LogP contribution < -0.4 is 4.74 Å². The predicted octanol–water partition coefficient (Wildman–Crippen LogP) is 2.73. The predicted molar refractivity (Wildman–Crippen MR) is 62.2 cm³/mol. The minimum atomic E-state index is 0.247. The van der Waals surface area contributed by atoms with Crippen LogP contribution in [0.25, 0.3) is 11.1 Å². The summed E-state index contributed by atoms with van der Waals surface area (Å²) in [6, 6.07) is 11.7. The molecule has 0 aliphatic carbocycles. The van der Waals surface area contributed by atoms with Gasteiger partial charge in [-0.15, -0.1) is 0 Å². The van der Waals surface area contributed by atoms with Gasteiger partial charge in [-0.05, 0) is 12.1 Å². The molecule has 0 saturated heterocycles. The highest BCUT2D eigenvalue weighted by Crippen LogP contribution is 2.28. The summed E-state index contributed by atoms with van der Waals surface area (Å²) in [6.45, 7) is 0.247. The first kappa shape index (κ1) is 10.6. The number of hydrogen-bond acceptors (Lipinski definition) is 3. The van der Waals surface area contributed by atoms with Crippen LogP contribution in [-0.2, 0) is 4.74 Å². The molecule has 3 heteroatoms. The van der Waals surface area contributed by atoms with Crippen LogP contribution in [-0.4, -0.2) is 18.9 Å². The molecule has 0 radical (unpaired) electrons. The van der Waals surface area contributed by atoms with Crippen LogP contribution in [0.3, 0.4) is 0 Å². The molecule has 0 bridgehead atoms. The summed E-state index contributed by atoms with van der Waals surface area (Å²) in [6.07, 6.45) is 3.57. The summed E-state index contributed by atoms with van der Waals surface area (Å²) < 4.78 is 10.4. The molecule has 1 heterocycles. The molecular formula is C13H13NO2. The lowest BCUT2D eigenvalue weighted by Crippen LogP contribution is -2.00. The largest absolute Gasteiger partial charge is 0.467 e. The Hall–Kier alpha value is -1.87. The van der Waals surface area contributed by atoms with E-state index in [0.29, 0.717) is 0 Å². The minimum Gasteiger partial charge on any atom is -0.467 e. The lowest BCUT2D eigenvalue weighted by Gasteiger charge is -2.10. The van der Waals surface area contributed by atoms with Crippen molar-refractivity contribution >= 4 is 0 Å². The first-order valence-corrected chi connectivity index (χ1v) is 5.03. The van der Waals surface area contributed by atoms with Gasteiger partial charge in [0.15, 0.2) is 6.79 Å². The first-order valence-electron chi connectivity index (χ1n) is 5.03. The lowest BCUT2D eigenvalue weighted by molar-refractivity contribution is 0.0515. The van der Waals surface area contributed by atoms with Gasteiger partial charge >= 0.3 is 0 Å². The summed E-state index contributed by atoms with van der Waals surface area (Å²) in [4.78, 5) is 4.10. The lowest BCUT2D eigenvalue weighted by atomic mass is 10.1. The van der Waals surface area contributed by atoms with Crippen molar-refractivity contribution in [2.24, 2.45) is 0 Å². The van der Waals surface area contributed by atoms with Crippen LogP contribution >= 0.6 is 0 Å². The number of aromatic nitrogens is 1. The van der Waals surface area contributed by atoms with Gasteiger partial charge in [-0.3, -0.25) is 4.98 Å². The van der Waals surface area contributed by atoms with Crippen molar-refractivity contribution in [2.45, 2.75) is 0 Å². The number of ether oxygens (including phenoxy) is 2. The fourth-order valence-electron chi connectivity index (χ4n) is 1.48. The van der Waals surface area contributed by atoms with E-state index in [4.69, 9.17) is 9.47 Å². The number of nitrogens with zero attached hydrogens (tertiary/aromatic N) is 1. The van der Waals surface area contributed by atoms with E-state index in [1.165, 1.54) is 0 Å². The van der Waals surface area contributed by atoms with Crippen LogP contribution in [0.4, 0.5) is 0 Å². The number of para-hydroxylation sites is 1. The highest BCUT2D eigenvalue weighted by atomic mass is 16.7. The third kappa shape index (κ3) is 2.38. The third-order valence-electron chi connectivity index (χ3n) is 2.19. The third-order valence-corrected chi connectivity index (χ3v) is 2.19. The smallest absolute Gasteiger partial charge is 0.188 e. The number of rotatable bonds is 4. The Bertz CT molecular complexity index is 443. The zero-order chi connectivity index (χ0) is 11.2. The summed E-state index contributed by atoms with van der Waals surface area (Å²) in [5.41, 5.74) is 2.06. The Morgan fingerprint density at radius 1 is 1.12 bits per heavy atom. The molecule has 0 unspecified atom stereocenters. The molecule has 82 valence electrons. The van der Waals surface area contributed by atoms with Gasteiger partial charge in [-0.1, -0.05) is 24.3 Å². The van der Waals surface area contributed by atoms with Gasteiger partial charge in [0.25, 0.3) is 0 Å². The molecule has 2 aromatic rings. The summed E-state index contributed by atoms with van der Waals surface area (Å²) in [5.74, 6) is 0.803. The molecule has 0 aliphatic heterocycles. The molecule has 0 atom stereocenters. The molecule has 1 aromatic carbocycles. The quantitative estimate of drug-likeness (QED) is 0.735. The van der Waals surface area contributed by atoms with Crippen molar-refractivity contribution in [2.75, 3.05) is 13.9 Å². The molecule has 0 saturated carbocycles. The van der Waals surface area contributed by atoms with E-state index in [0.717, 1.165) is 16.9 Å². The topological polar surface area (TPSA) is 31.4 Å². The zero-order valence-electron chi connectivity index (χ0n) is 9.09. The molecule has 0 spiro atoms. The second-order valence-electron chi connectivity index (χ2n) is 3.29. The molecule has 1 aromatic heterocycles. The van der Waals surface area contributed by atoms with Gasteiger partial charge in [0.05, 0.1) is 0 Å². The van der Waals surface area contributed by atoms with Crippen molar-refractivity contribution in [1.29, 1.82) is 0 Å². The van der Waals surface area contributed by atoms with Gasteiger partial charge in [0.2, 0.25) is 0 Å². The first-order chi connectivity index (χ1) is 7.92. The van der Waals surface area contributed by atoms with E-state index in [1.54, 1.807) is 13.3 Å². The number of benzene rings is 1. The fraction of sp³-hybridized carbons (Fsp3) is 0.154. The Kier molecular flexibility index (Phi) is 3.51. The molecule has 2 rings (SSSR count). The van der Waals surface area contributed by atoms with Gasteiger partial charge < -0.3 is 9.47 Å². The van der Waals surface area contributed by atoms with Gasteiger partial charge in [-0.2, -0.15) is 0 Å². The molecule has 0 N–H and O–H groups in total. The SMILES string of the molecule is COCOc1ccccc1-c1cccnc1. The molecule has 16 heavy (non-hydrogen) atoms. The maximum absolute atomic E-state index is 5.49. The minimum absolute atomic E-state index is 0.247. The Morgan fingerprint density at radius 2 is 2.00 bits per heavy atom. The van der Waals surface area contributed by atoms with Crippen LogP contribution in [0.15, 0.2) is 48.8 Å². The van der Waals surface area contributed by atoms with Crippen molar-refractivity contribution in [3.05, 3.63) is 48.8 Å². The van der Waals surface area contributed by atoms with Crippen LogP contribution in [0.2, 0.25) is 0 Å². The van der Waals surface area contributed by atoms with Crippen molar-refractivity contribution in [3.63, 3.8) is 0 Å². The summed E-state index contributed by atoms with van der Waals surface area (Å²) in [5, 5.41) is 0. The van der Waals surface area contributed by atoms with Gasteiger partial charge in [0.1, 0.15) is 5.75 Å². The normalized spacial score (nSPS) is 10.1. The monoisotopic (exact) mass is 215 g/mol. The maximum atomic E-state index is 5.49. The highest BCUT2D eigenvalue weighted by Gasteiger charge is 2.04. The second kappa shape index (κ2) is 5.28. The van der Waals surface area contributed by atoms with E-state index in [2.05, 4.69) is 4.98 Å². The fourth-order valence-corrected chi connectivity index (χ4v) is 1.48. The van der Waals surface area contributed by atoms with Gasteiger partial charge in [0, 0.05) is 30.6 Å². The maximum Gasteiger partial charge on any atom is 0.188 e. The Labute approximate surface area is 94.7 Å². The van der Waals surface area contributed by atoms with Crippen molar-refractivity contribution in [1.82, 2.24) is 4.98 Å². The van der Waals surface area contributed by atoms with E-state index in [1.807, 2.05) is 42.6 Å². The molecule has 0 amide bonds. The van der Waals surface area contributed by atoms with Gasteiger partial charge in [-0.25, -0.2) is 0 Å². The van der Waals surface area contributed by atoms with E-state index in [-0.39, 0.29) is 6.79 Å². The van der Waals surface area contributed by atoms with E-state index in [9.17, 15) is 0 Å². The Morgan fingerprint density at radius 3 is 2.75 bits per heavy atom. The second-order valence-corrected chi connectivity index (χ2v) is 3.29. The Balaban J connectivity index is 2.33. The molecule has 3 nitrogen and oxygen atoms in total. The van der Waals surface area contributed by atoms with Crippen LogP contribution in [0, 0.1) is 0 Å². The highest BCUT2D eigenvalue weighted by molar-refractivity contribution is 5.69. The molecule has 0 fully saturated rings. The van der Waals surface area contributed by atoms with Crippen LogP contribution in [0.1, 0.15) is 0 Å².